The maximum Gasteiger partial charge on any atom is 0.221 e. The summed E-state index contributed by atoms with van der Waals surface area (Å²) in [5.74, 6) is 1.05. The van der Waals surface area contributed by atoms with Crippen molar-refractivity contribution in [3.8, 4) is 0 Å². The highest BCUT2D eigenvalue weighted by molar-refractivity contribution is 5.76. The van der Waals surface area contributed by atoms with Crippen molar-refractivity contribution < 1.29 is 4.79 Å². The number of hydrogen-bond acceptors (Lipinski definition) is 2. The summed E-state index contributed by atoms with van der Waals surface area (Å²) in [6.07, 6.45) is 3.21. The molecule has 1 saturated heterocycles. The number of rotatable bonds is 4. The zero-order chi connectivity index (χ0) is 11.3. The van der Waals surface area contributed by atoms with E-state index in [2.05, 4.69) is 17.1 Å². The van der Waals surface area contributed by atoms with E-state index in [1.807, 2.05) is 13.8 Å². The summed E-state index contributed by atoms with van der Waals surface area (Å²) in [4.78, 5) is 13.8. The first-order valence-corrected chi connectivity index (χ1v) is 6.09. The highest BCUT2D eigenvalue weighted by Gasteiger charge is 2.16. The molecule has 1 fully saturated rings. The van der Waals surface area contributed by atoms with Crippen LogP contribution in [0.4, 0.5) is 0 Å². The fourth-order valence-corrected chi connectivity index (χ4v) is 1.94. The molecule has 0 radical (unpaired) electrons. The van der Waals surface area contributed by atoms with Gasteiger partial charge in [0, 0.05) is 19.0 Å². The molecule has 3 heteroatoms. The number of carbonyl (C=O) groups excluding carboxylic acids is 1. The molecule has 15 heavy (non-hydrogen) atoms. The van der Waals surface area contributed by atoms with Gasteiger partial charge in [-0.25, -0.2) is 0 Å². The van der Waals surface area contributed by atoms with Crippen molar-refractivity contribution in [2.24, 2.45) is 5.92 Å². The molecule has 0 aromatic rings. The summed E-state index contributed by atoms with van der Waals surface area (Å²) in [7, 11) is 0. The number of hydrogen-bond donors (Lipinski definition) is 1. The molecule has 0 saturated carbocycles. The van der Waals surface area contributed by atoms with Crippen LogP contribution in [0.15, 0.2) is 0 Å². The number of nitrogens with zero attached hydrogens (tertiary/aromatic N) is 1. The molecule has 1 N–H and O–H groups in total. The minimum atomic E-state index is 0.184. The number of amides is 1. The molecule has 1 rings (SSSR count). The van der Waals surface area contributed by atoms with E-state index >= 15 is 0 Å². The van der Waals surface area contributed by atoms with E-state index in [1.54, 1.807) is 0 Å². The fourth-order valence-electron chi connectivity index (χ4n) is 1.94. The molecular formula is C12H24N2O. The van der Waals surface area contributed by atoms with Crippen LogP contribution in [0.25, 0.3) is 0 Å². The third kappa shape index (κ3) is 5.17. The molecule has 3 nitrogen and oxygen atoms in total. The standard InChI is InChI=1S/C12H24N2O/c1-10(2)13-12(15)6-9-14-7-4-11(3)5-8-14/h10-11H,4-9H2,1-3H3,(H,13,15). The maximum atomic E-state index is 11.4. The van der Waals surface area contributed by atoms with Crippen LogP contribution in [0.1, 0.15) is 40.0 Å². The molecular weight excluding hydrogens is 188 g/mol. The fraction of sp³-hybridized carbons (Fsp3) is 0.917. The van der Waals surface area contributed by atoms with E-state index in [0.29, 0.717) is 6.42 Å². The predicted octanol–water partition coefficient (Wildman–Crippen LogP) is 1.63. The van der Waals surface area contributed by atoms with Crippen molar-refractivity contribution in [1.82, 2.24) is 10.2 Å². The Balaban J connectivity index is 2.12. The molecule has 0 aliphatic carbocycles. The average molecular weight is 212 g/mol. The minimum absolute atomic E-state index is 0.184. The van der Waals surface area contributed by atoms with E-state index < -0.39 is 0 Å². The zero-order valence-electron chi connectivity index (χ0n) is 10.3. The van der Waals surface area contributed by atoms with Crippen molar-refractivity contribution in [2.75, 3.05) is 19.6 Å². The Morgan fingerprint density at radius 3 is 2.53 bits per heavy atom. The number of carbonyl (C=O) groups is 1. The molecule has 1 amide bonds. The minimum Gasteiger partial charge on any atom is -0.354 e. The van der Waals surface area contributed by atoms with Crippen molar-refractivity contribution in [2.45, 2.75) is 46.1 Å². The molecule has 0 spiro atoms. The quantitative estimate of drug-likeness (QED) is 0.768. The number of piperidine rings is 1. The summed E-state index contributed by atoms with van der Waals surface area (Å²) >= 11 is 0. The van der Waals surface area contributed by atoms with Gasteiger partial charge in [-0.1, -0.05) is 6.92 Å². The van der Waals surface area contributed by atoms with Crippen LogP contribution in [-0.4, -0.2) is 36.5 Å². The van der Waals surface area contributed by atoms with E-state index in [0.717, 1.165) is 25.6 Å². The molecule has 1 aliphatic heterocycles. The molecule has 1 aliphatic rings. The van der Waals surface area contributed by atoms with Crippen molar-refractivity contribution in [3.63, 3.8) is 0 Å². The van der Waals surface area contributed by atoms with E-state index in [4.69, 9.17) is 0 Å². The van der Waals surface area contributed by atoms with Crippen molar-refractivity contribution in [1.29, 1.82) is 0 Å². The second-order valence-corrected chi connectivity index (χ2v) is 5.00. The second-order valence-electron chi connectivity index (χ2n) is 5.00. The highest BCUT2D eigenvalue weighted by atomic mass is 16.1. The van der Waals surface area contributed by atoms with Crippen LogP contribution in [0, 0.1) is 5.92 Å². The van der Waals surface area contributed by atoms with Gasteiger partial charge in [-0.2, -0.15) is 0 Å². The Bertz CT molecular complexity index is 196. The topological polar surface area (TPSA) is 32.3 Å². The van der Waals surface area contributed by atoms with Gasteiger partial charge < -0.3 is 10.2 Å². The van der Waals surface area contributed by atoms with Gasteiger partial charge in [0.25, 0.3) is 0 Å². The maximum absolute atomic E-state index is 11.4. The van der Waals surface area contributed by atoms with Gasteiger partial charge in [0.15, 0.2) is 0 Å². The SMILES string of the molecule is CC1CCN(CCC(=O)NC(C)C)CC1. The summed E-state index contributed by atoms with van der Waals surface area (Å²) < 4.78 is 0. The largest absolute Gasteiger partial charge is 0.354 e. The van der Waals surface area contributed by atoms with Gasteiger partial charge in [-0.05, 0) is 45.7 Å². The first-order valence-electron chi connectivity index (χ1n) is 6.09. The monoisotopic (exact) mass is 212 g/mol. The first kappa shape index (κ1) is 12.5. The summed E-state index contributed by atoms with van der Waals surface area (Å²) in [6, 6.07) is 0.263. The smallest absolute Gasteiger partial charge is 0.221 e. The second kappa shape index (κ2) is 6.11. The lowest BCUT2D eigenvalue weighted by Crippen LogP contribution is -2.37. The van der Waals surface area contributed by atoms with Gasteiger partial charge in [-0.15, -0.1) is 0 Å². The lowest BCUT2D eigenvalue weighted by Gasteiger charge is -2.29. The van der Waals surface area contributed by atoms with Gasteiger partial charge >= 0.3 is 0 Å². The zero-order valence-corrected chi connectivity index (χ0v) is 10.3. The van der Waals surface area contributed by atoms with Gasteiger partial charge in [0.1, 0.15) is 0 Å². The summed E-state index contributed by atoms with van der Waals surface area (Å²) in [5.41, 5.74) is 0. The Labute approximate surface area is 93.2 Å². The predicted molar refractivity (Wildman–Crippen MR) is 62.7 cm³/mol. The van der Waals surface area contributed by atoms with E-state index in [9.17, 15) is 4.79 Å². The molecule has 1 heterocycles. The first-order chi connectivity index (χ1) is 7.08. The molecule has 0 unspecified atom stereocenters. The lowest BCUT2D eigenvalue weighted by molar-refractivity contribution is -0.121. The third-order valence-electron chi connectivity index (χ3n) is 2.98. The van der Waals surface area contributed by atoms with Gasteiger partial charge in [-0.3, -0.25) is 4.79 Å². The third-order valence-corrected chi connectivity index (χ3v) is 2.98. The molecule has 0 atom stereocenters. The Morgan fingerprint density at radius 1 is 1.40 bits per heavy atom. The molecule has 88 valence electrons. The Kier molecular flexibility index (Phi) is 5.09. The van der Waals surface area contributed by atoms with E-state index in [1.165, 1.54) is 12.8 Å². The van der Waals surface area contributed by atoms with Crippen molar-refractivity contribution in [3.05, 3.63) is 0 Å². The van der Waals surface area contributed by atoms with Gasteiger partial charge in [0.05, 0.1) is 0 Å². The van der Waals surface area contributed by atoms with Crippen LogP contribution in [0.3, 0.4) is 0 Å². The molecule has 0 bridgehead atoms. The van der Waals surface area contributed by atoms with Crippen LogP contribution >= 0.6 is 0 Å². The average Bonchev–Trinajstić information content (AvgIpc) is 2.16. The van der Waals surface area contributed by atoms with E-state index in [-0.39, 0.29) is 11.9 Å². The highest BCUT2D eigenvalue weighted by Crippen LogP contribution is 2.15. The van der Waals surface area contributed by atoms with Crippen LogP contribution in [0.2, 0.25) is 0 Å². The van der Waals surface area contributed by atoms with Crippen LogP contribution in [-0.2, 0) is 4.79 Å². The summed E-state index contributed by atoms with van der Waals surface area (Å²) in [5, 5.41) is 2.93. The van der Waals surface area contributed by atoms with Crippen LogP contribution in [0.5, 0.6) is 0 Å². The molecule has 0 aromatic heterocycles. The number of nitrogens with one attached hydrogen (secondary N) is 1. The van der Waals surface area contributed by atoms with Crippen molar-refractivity contribution >= 4 is 5.91 Å². The Hall–Kier alpha value is -0.570. The number of likely N-dealkylation sites (tertiary alicyclic amines) is 1. The Morgan fingerprint density at radius 2 is 2.00 bits per heavy atom. The normalized spacial score (nSPS) is 19.5. The summed E-state index contributed by atoms with van der Waals surface area (Å²) in [6.45, 7) is 9.56. The lowest BCUT2D eigenvalue weighted by atomic mass is 9.99. The van der Waals surface area contributed by atoms with Gasteiger partial charge in [0.2, 0.25) is 5.91 Å². The molecule has 0 aromatic carbocycles. The van der Waals surface area contributed by atoms with Crippen LogP contribution < -0.4 is 5.32 Å².